The number of hydrogen-bond acceptors (Lipinski definition) is 0. The third-order valence-corrected chi connectivity index (χ3v) is 0. The van der Waals surface area contributed by atoms with Gasteiger partial charge in [0.25, 0.3) is 0 Å². The summed E-state index contributed by atoms with van der Waals surface area (Å²) in [7, 11) is 3.44. The van der Waals surface area contributed by atoms with Crippen LogP contribution in [0.25, 0.3) is 0 Å². The Hall–Kier alpha value is 1.92. The molecule has 0 heterocycles. The van der Waals surface area contributed by atoms with E-state index in [0.29, 0.717) is 0 Å². The molecule has 5 heteroatoms. The Kier molecular flexibility index (Phi) is 221. The molecule has 0 N–H and O–H groups in total. The Bertz CT molecular complexity index is 11.6. The van der Waals surface area contributed by atoms with E-state index in [1.54, 1.807) is 0 Å². The Morgan fingerprint density at radius 1 is 1.20 bits per heavy atom. The summed E-state index contributed by atoms with van der Waals surface area (Å²) in [5.41, 5.74) is 0. The molecule has 0 spiro atoms. The second kappa shape index (κ2) is 38.9. The first-order chi connectivity index (χ1) is 1.00. The van der Waals surface area contributed by atoms with Gasteiger partial charge in [-0.25, -0.2) is 0 Å². The van der Waals surface area contributed by atoms with E-state index in [9.17, 15) is 0 Å². The van der Waals surface area contributed by atoms with Crippen LogP contribution in [0.15, 0.2) is 0 Å². The molecule has 0 atom stereocenters. The molecule has 0 aromatic rings. The third-order valence-electron chi connectivity index (χ3n) is 0. The van der Waals surface area contributed by atoms with E-state index in [1.807, 2.05) is 0 Å². The van der Waals surface area contributed by atoms with E-state index in [-0.39, 0.29) is 53.0 Å². The molecule has 0 saturated heterocycles. The molecule has 5 heavy (non-hydrogen) atoms. The van der Waals surface area contributed by atoms with Crippen LogP contribution < -0.4 is 0 Å². The van der Waals surface area contributed by atoms with Crippen molar-refractivity contribution in [3.8, 4) is 0 Å². The maximum Gasteiger partial charge on any atom is 0.0852 e. The van der Waals surface area contributed by atoms with Crippen molar-refractivity contribution >= 4 is 17.6 Å². The van der Waals surface area contributed by atoms with Gasteiger partial charge >= 0.3 is 0 Å². The average molecular weight is 223 g/mol. The second-order valence-electron chi connectivity index (χ2n) is 0. The topological polar surface area (TPSA) is 0 Å². The Labute approximate surface area is 70.2 Å². The van der Waals surface area contributed by atoms with Gasteiger partial charge in [0.15, 0.2) is 0 Å². The molecule has 0 saturated carbocycles. The quantitative estimate of drug-likeness (QED) is 0.412. The fraction of sp³-hybridized carbons (Fsp3) is 0. The summed E-state index contributed by atoms with van der Waals surface area (Å²) < 4.78 is 0. The monoisotopic (exact) mass is 221 g/mol. The Balaban J connectivity index is -0.00000000167. The molecule has 0 aliphatic heterocycles. The van der Waals surface area contributed by atoms with Crippen molar-refractivity contribution in [2.45, 2.75) is 0 Å². The van der Waals surface area contributed by atoms with Gasteiger partial charge in [0.1, 0.15) is 0 Å². The summed E-state index contributed by atoms with van der Waals surface area (Å²) in [5.74, 6) is 0. The van der Waals surface area contributed by atoms with Gasteiger partial charge in [0, 0.05) is 53.0 Å². The zero-order chi connectivity index (χ0) is 2.00. The molecule has 0 nitrogen and oxygen atoms in total. The van der Waals surface area contributed by atoms with E-state index in [2.05, 4.69) is 7.44 Å². The van der Waals surface area contributed by atoms with Crippen molar-refractivity contribution in [2.24, 2.45) is 0 Å². The summed E-state index contributed by atoms with van der Waals surface area (Å²) in [6, 6.07) is 0. The molecule has 0 aromatic carbocycles. The maximum absolute atomic E-state index is 2.14. The van der Waals surface area contributed by atoms with Crippen LogP contribution in [0.1, 0.15) is 0 Å². The van der Waals surface area contributed by atoms with Crippen LogP contribution in [0.3, 0.4) is 0 Å². The Morgan fingerprint density at radius 3 is 1.20 bits per heavy atom. The van der Waals surface area contributed by atoms with Crippen molar-refractivity contribution in [3.05, 3.63) is 0 Å². The fourth-order valence-corrected chi connectivity index (χ4v) is 0. The first-order valence-electron chi connectivity index (χ1n) is 1.00. The van der Waals surface area contributed by atoms with Gasteiger partial charge in [0.05, 0.1) is 7.44 Å². The van der Waals surface area contributed by atoms with E-state index in [1.165, 1.54) is 10.1 Å². The molecule has 0 aliphatic carbocycles. The predicted molar refractivity (Wildman–Crippen MR) is 18.5 cm³/mol. The van der Waals surface area contributed by atoms with Crippen LogP contribution >= 0.6 is 0 Å². The minimum absolute atomic E-state index is 0. The number of rotatable bonds is 0. The van der Waals surface area contributed by atoms with Crippen molar-refractivity contribution in [1.29, 1.82) is 0 Å². The molecular weight excluding hydrogens is 218 g/mol. The molecule has 0 rings (SSSR count). The standard InChI is InChI=1S/BH5Si.Mn.Ni.Zn/c1-2;;;/h1H2,2H3;;;. The van der Waals surface area contributed by atoms with Gasteiger partial charge in [-0.15, -0.1) is 0 Å². The summed E-state index contributed by atoms with van der Waals surface area (Å²) >= 11 is 0. The van der Waals surface area contributed by atoms with E-state index in [0.717, 1.165) is 0 Å². The summed E-state index contributed by atoms with van der Waals surface area (Å²) in [6.07, 6.45) is 0. The first-order valence-corrected chi connectivity index (χ1v) is 3.00. The summed E-state index contributed by atoms with van der Waals surface area (Å²) in [6.45, 7) is 0. The minimum atomic E-state index is 0. The normalized spacial score (nSPS) is 1.60. The van der Waals surface area contributed by atoms with Crippen LogP contribution in [0.4, 0.5) is 0 Å². The second-order valence-corrected chi connectivity index (χ2v) is 0. The van der Waals surface area contributed by atoms with Crippen molar-refractivity contribution in [3.63, 3.8) is 0 Å². The van der Waals surface area contributed by atoms with Crippen molar-refractivity contribution in [1.82, 2.24) is 0 Å². The van der Waals surface area contributed by atoms with Gasteiger partial charge in [-0.1, -0.05) is 0 Å². The van der Waals surface area contributed by atoms with Crippen LogP contribution in [0.2, 0.25) is 0 Å². The molecule has 0 fully saturated rings. The smallest absolute Gasteiger partial charge is 0.0304 e. The average Bonchev–Trinajstić information content (AvgIpc) is 1.00. The maximum atomic E-state index is 2.14. The summed E-state index contributed by atoms with van der Waals surface area (Å²) in [5, 5.41) is 0. The van der Waals surface area contributed by atoms with Crippen molar-refractivity contribution < 1.29 is 53.0 Å². The molecule has 0 amide bonds. The van der Waals surface area contributed by atoms with Gasteiger partial charge in [0.2, 0.25) is 0 Å². The molecule has 0 aromatic heterocycles. The van der Waals surface area contributed by atoms with Gasteiger partial charge in [-0.2, -0.15) is 0 Å². The molecule has 0 bridgehead atoms. The van der Waals surface area contributed by atoms with E-state index >= 15 is 0 Å². The largest absolute Gasteiger partial charge is 0.0852 e. The van der Waals surface area contributed by atoms with E-state index in [4.69, 9.17) is 0 Å². The molecule has 1 radical (unpaired) electrons. The zero-order valence-electron chi connectivity index (χ0n) is 3.40. The van der Waals surface area contributed by atoms with Gasteiger partial charge < -0.3 is 0 Å². The summed E-state index contributed by atoms with van der Waals surface area (Å²) in [4.78, 5) is 0. The fourth-order valence-electron chi connectivity index (χ4n) is 0. The van der Waals surface area contributed by atoms with Crippen LogP contribution in [-0.4, -0.2) is 17.6 Å². The minimum Gasteiger partial charge on any atom is -0.0304 e. The Morgan fingerprint density at radius 2 is 1.20 bits per heavy atom. The van der Waals surface area contributed by atoms with Crippen LogP contribution in [0.5, 0.6) is 0 Å². The third kappa shape index (κ3) is 24.7. The number of hydrogen-bond donors (Lipinski definition) is 0. The zero-order valence-corrected chi connectivity index (χ0v) is 10.5. The molecular formula is H5BMnNiSiZn. The van der Waals surface area contributed by atoms with Crippen LogP contribution in [-0.2, 0) is 53.0 Å². The SMILES string of the molecule is B[SiH3].[Mn].[Ni].[Zn]. The van der Waals surface area contributed by atoms with E-state index < -0.39 is 0 Å². The van der Waals surface area contributed by atoms with Gasteiger partial charge in [-0.3, -0.25) is 0 Å². The first kappa shape index (κ1) is 28.5. The van der Waals surface area contributed by atoms with Crippen LogP contribution in [0, 0.1) is 0 Å². The van der Waals surface area contributed by atoms with Gasteiger partial charge in [-0.05, 0) is 10.1 Å². The molecule has 0 unspecified atom stereocenters. The van der Waals surface area contributed by atoms with Crippen molar-refractivity contribution in [2.75, 3.05) is 0 Å². The predicted octanol–water partition coefficient (Wildman–Crippen LogP) is -2.11. The molecule has 31 valence electrons. The molecule has 0 aliphatic rings.